The molecule has 0 amide bonds. The highest BCUT2D eigenvalue weighted by molar-refractivity contribution is 7.62. The van der Waals surface area contributed by atoms with Gasteiger partial charge in [-0.3, -0.25) is 4.52 Å². The van der Waals surface area contributed by atoms with Gasteiger partial charge in [-0.15, -0.1) is 0 Å². The predicted octanol–water partition coefficient (Wildman–Crippen LogP) is 5.54. The zero-order valence-electron chi connectivity index (χ0n) is 12.8. The summed E-state index contributed by atoms with van der Waals surface area (Å²) in [4.78, 5) is 0. The fraction of sp³-hybridized carbons (Fsp3) is 0.0526. The summed E-state index contributed by atoms with van der Waals surface area (Å²) in [5, 5.41) is 0.454. The van der Waals surface area contributed by atoms with E-state index in [0.717, 1.165) is 0 Å². The molecule has 3 nitrogen and oxygen atoms in total. The second-order valence-corrected chi connectivity index (χ2v) is 7.37. The van der Waals surface area contributed by atoms with Crippen LogP contribution in [0, 0.1) is 0 Å². The molecule has 0 saturated heterocycles. The summed E-state index contributed by atoms with van der Waals surface area (Å²) in [5.74, 6) is 0.460. The van der Waals surface area contributed by atoms with Gasteiger partial charge < -0.3 is 4.52 Å². The van der Waals surface area contributed by atoms with Gasteiger partial charge in [-0.25, -0.2) is 4.57 Å². The topological polar surface area (TPSA) is 35.5 Å². The molecule has 0 spiro atoms. The van der Waals surface area contributed by atoms with Crippen molar-refractivity contribution in [1.29, 1.82) is 0 Å². The Balaban J connectivity index is 1.92. The smallest absolute Gasteiger partial charge is 0.412 e. The van der Waals surface area contributed by atoms with Crippen molar-refractivity contribution in [2.24, 2.45) is 0 Å². The highest BCUT2D eigenvalue weighted by Crippen LogP contribution is 2.51. The lowest BCUT2D eigenvalue weighted by molar-refractivity contribution is 0.251. The maximum Gasteiger partial charge on any atom is 0.412 e. The Hall–Kier alpha value is -2.06. The number of benzene rings is 3. The Morgan fingerprint density at radius 1 is 0.750 bits per heavy atom. The minimum Gasteiger partial charge on any atom is -0.421 e. The molecule has 0 N–H and O–H groups in total. The van der Waals surface area contributed by atoms with Crippen LogP contribution in [-0.2, 0) is 9.09 Å². The van der Waals surface area contributed by atoms with Gasteiger partial charge in [0.1, 0.15) is 5.75 Å². The number of rotatable bonds is 6. The minimum absolute atomic E-state index is 0.454. The lowest BCUT2D eigenvalue weighted by atomic mass is 10.2. The van der Waals surface area contributed by atoms with Crippen LogP contribution in [0.4, 0.5) is 0 Å². The van der Waals surface area contributed by atoms with Crippen molar-refractivity contribution in [3.05, 3.63) is 96.6 Å². The third kappa shape index (κ3) is 4.07. The van der Waals surface area contributed by atoms with Crippen LogP contribution in [0.15, 0.2) is 91.0 Å². The lowest BCUT2D eigenvalue weighted by Crippen LogP contribution is -2.13. The summed E-state index contributed by atoms with van der Waals surface area (Å²) in [5.41, 5.74) is -0.173. The first-order chi connectivity index (χ1) is 11.7. The monoisotopic (exact) mass is 358 g/mol. The van der Waals surface area contributed by atoms with E-state index in [1.54, 1.807) is 48.5 Å². The molecule has 0 aliphatic heterocycles. The first-order valence-electron chi connectivity index (χ1n) is 7.45. The van der Waals surface area contributed by atoms with E-state index >= 15 is 0 Å². The average Bonchev–Trinajstić information content (AvgIpc) is 2.64. The molecule has 0 heterocycles. The van der Waals surface area contributed by atoms with Gasteiger partial charge in [-0.2, -0.15) is 0 Å². The Labute approximate surface area is 146 Å². The van der Waals surface area contributed by atoms with Crippen LogP contribution in [0.1, 0.15) is 11.1 Å². The summed E-state index contributed by atoms with van der Waals surface area (Å²) >= 11 is 6.33. The molecule has 2 unspecified atom stereocenters. The van der Waals surface area contributed by atoms with Gasteiger partial charge in [0.05, 0.1) is 5.30 Å². The van der Waals surface area contributed by atoms with Gasteiger partial charge in [0.25, 0.3) is 0 Å². The molecule has 0 aliphatic rings. The number of alkyl halides is 1. The molecular weight excluding hydrogens is 343 g/mol. The second-order valence-electron chi connectivity index (χ2n) is 5.07. The first kappa shape index (κ1) is 16.8. The van der Waals surface area contributed by atoms with Gasteiger partial charge in [0.15, 0.2) is 5.56 Å². The van der Waals surface area contributed by atoms with Gasteiger partial charge in [0, 0.05) is 0 Å². The molecule has 0 radical (unpaired) electrons. The average molecular weight is 359 g/mol. The molecule has 122 valence electrons. The van der Waals surface area contributed by atoms with Crippen LogP contribution in [0.2, 0.25) is 0 Å². The van der Waals surface area contributed by atoms with Gasteiger partial charge in [-0.05, 0) is 29.8 Å². The normalized spacial score (nSPS) is 14.5. The van der Waals surface area contributed by atoms with E-state index in [0.29, 0.717) is 16.6 Å². The summed E-state index contributed by atoms with van der Waals surface area (Å²) < 4.78 is 24.9. The van der Waals surface area contributed by atoms with Crippen molar-refractivity contribution in [3.8, 4) is 5.75 Å². The van der Waals surface area contributed by atoms with Crippen molar-refractivity contribution in [2.45, 2.75) is 5.56 Å². The van der Waals surface area contributed by atoms with Gasteiger partial charge in [0.2, 0.25) is 0 Å². The van der Waals surface area contributed by atoms with Gasteiger partial charge >= 0.3 is 7.60 Å². The summed E-state index contributed by atoms with van der Waals surface area (Å²) in [6.45, 7) is 0. The van der Waals surface area contributed by atoms with E-state index in [1.165, 1.54) is 0 Å². The molecule has 3 aromatic rings. The van der Waals surface area contributed by atoms with Crippen LogP contribution in [0.25, 0.3) is 0 Å². The number of hydrogen-bond acceptors (Lipinski definition) is 3. The van der Waals surface area contributed by atoms with Gasteiger partial charge in [-0.1, -0.05) is 78.3 Å². The second kappa shape index (κ2) is 7.67. The maximum atomic E-state index is 13.4. The zero-order valence-corrected chi connectivity index (χ0v) is 14.4. The molecule has 0 bridgehead atoms. The Morgan fingerprint density at radius 3 is 1.83 bits per heavy atom. The van der Waals surface area contributed by atoms with E-state index in [4.69, 9.17) is 20.6 Å². The highest BCUT2D eigenvalue weighted by atomic mass is 35.5. The molecule has 2 atom stereocenters. The van der Waals surface area contributed by atoms with E-state index in [-0.39, 0.29) is 0 Å². The number of halogens is 1. The molecule has 24 heavy (non-hydrogen) atoms. The standard InChI is InChI=1S/C19H16ClO3P/c20-19(16-10-4-1-5-11-16)23-24(21,18-14-8-3-9-15-18)22-17-12-6-2-7-13-17/h1-15,19H. The third-order valence-electron chi connectivity index (χ3n) is 3.33. The Kier molecular flexibility index (Phi) is 5.37. The Morgan fingerprint density at radius 2 is 1.25 bits per heavy atom. The number of hydrogen-bond donors (Lipinski definition) is 0. The summed E-state index contributed by atoms with van der Waals surface area (Å²) in [6.07, 6.45) is 0. The largest absolute Gasteiger partial charge is 0.421 e. The minimum atomic E-state index is -3.65. The predicted molar refractivity (Wildman–Crippen MR) is 96.9 cm³/mol. The van der Waals surface area contributed by atoms with Crippen LogP contribution in [0.5, 0.6) is 5.75 Å². The SMILES string of the molecule is O=P(Oc1ccccc1)(OC(Cl)c1ccccc1)c1ccccc1. The van der Waals surface area contributed by atoms with Crippen molar-refractivity contribution >= 4 is 24.5 Å². The fourth-order valence-electron chi connectivity index (χ4n) is 2.15. The fourth-order valence-corrected chi connectivity index (χ4v) is 4.19. The zero-order chi connectivity index (χ0) is 16.8. The first-order valence-corrected chi connectivity index (χ1v) is 9.43. The van der Waals surface area contributed by atoms with E-state index in [1.807, 2.05) is 42.5 Å². The molecule has 3 aromatic carbocycles. The van der Waals surface area contributed by atoms with Crippen LogP contribution in [0.3, 0.4) is 0 Å². The van der Waals surface area contributed by atoms with Crippen molar-refractivity contribution in [2.75, 3.05) is 0 Å². The molecule has 0 aromatic heterocycles. The van der Waals surface area contributed by atoms with Crippen LogP contribution < -0.4 is 9.83 Å². The van der Waals surface area contributed by atoms with E-state index in [2.05, 4.69) is 0 Å². The van der Waals surface area contributed by atoms with Crippen molar-refractivity contribution in [1.82, 2.24) is 0 Å². The van der Waals surface area contributed by atoms with E-state index < -0.39 is 13.2 Å². The lowest BCUT2D eigenvalue weighted by Gasteiger charge is -2.22. The van der Waals surface area contributed by atoms with Crippen molar-refractivity contribution < 1.29 is 13.6 Å². The summed E-state index contributed by atoms with van der Waals surface area (Å²) in [6, 6.07) is 26.9. The molecular formula is C19H16ClO3P. The molecule has 0 aliphatic carbocycles. The number of para-hydroxylation sites is 1. The van der Waals surface area contributed by atoms with E-state index in [9.17, 15) is 4.57 Å². The molecule has 3 rings (SSSR count). The third-order valence-corrected chi connectivity index (χ3v) is 5.67. The molecule has 0 fully saturated rings. The molecule has 0 saturated carbocycles. The van der Waals surface area contributed by atoms with Crippen molar-refractivity contribution in [3.63, 3.8) is 0 Å². The molecule has 5 heteroatoms. The van der Waals surface area contributed by atoms with Crippen LogP contribution in [-0.4, -0.2) is 0 Å². The highest BCUT2D eigenvalue weighted by Gasteiger charge is 2.32. The van der Waals surface area contributed by atoms with Crippen LogP contribution >= 0.6 is 19.2 Å². The maximum absolute atomic E-state index is 13.4. The quantitative estimate of drug-likeness (QED) is 0.429. The Bertz CT molecular complexity index is 810. The summed E-state index contributed by atoms with van der Waals surface area (Å²) in [7, 11) is -3.65.